The van der Waals surface area contributed by atoms with Gasteiger partial charge in [0.15, 0.2) is 17.1 Å². The Labute approximate surface area is 94.6 Å². The number of rotatable bonds is 3. The Morgan fingerprint density at radius 3 is 2.38 bits per heavy atom. The quantitative estimate of drug-likeness (QED) is 0.777. The third kappa shape index (κ3) is 2.65. The summed E-state index contributed by atoms with van der Waals surface area (Å²) in [6.45, 7) is 3.29. The van der Waals surface area contributed by atoms with E-state index in [0.29, 0.717) is 17.1 Å². The van der Waals surface area contributed by atoms with Gasteiger partial charge in [0.25, 0.3) is 0 Å². The Bertz CT molecular complexity index is 467. The van der Waals surface area contributed by atoms with Crippen molar-refractivity contribution in [1.29, 1.82) is 10.5 Å². The number of methoxy groups -OCH3 is 1. The van der Waals surface area contributed by atoms with Crippen LogP contribution in [-0.2, 0) is 0 Å². The summed E-state index contributed by atoms with van der Waals surface area (Å²) in [4.78, 5) is 0. The third-order valence-corrected chi connectivity index (χ3v) is 1.93. The molecule has 0 radical (unpaired) electrons. The smallest absolute Gasteiger partial charge is 0.188 e. The number of hydrogen-bond donors (Lipinski definition) is 0. The molecule has 4 heteroatoms. The number of nitrogens with zero attached hydrogens (tertiary/aromatic N) is 2. The zero-order valence-corrected chi connectivity index (χ0v) is 9.44. The van der Waals surface area contributed by atoms with Gasteiger partial charge in [0.2, 0.25) is 0 Å². The second kappa shape index (κ2) is 4.55. The van der Waals surface area contributed by atoms with Gasteiger partial charge >= 0.3 is 0 Å². The lowest BCUT2D eigenvalue weighted by atomic mass is 10.1. The highest BCUT2D eigenvalue weighted by atomic mass is 16.5. The lowest BCUT2D eigenvalue weighted by Gasteiger charge is -2.20. The maximum absolute atomic E-state index is 8.86. The summed E-state index contributed by atoms with van der Waals surface area (Å²) < 4.78 is 10.6. The molecular weight excluding hydrogens is 204 g/mol. The zero-order chi connectivity index (χ0) is 12.2. The van der Waals surface area contributed by atoms with Crippen LogP contribution in [0, 0.1) is 22.7 Å². The van der Waals surface area contributed by atoms with E-state index in [1.54, 1.807) is 32.0 Å². The molecule has 0 amide bonds. The molecule has 0 heterocycles. The molecule has 82 valence electrons. The fourth-order valence-electron chi connectivity index (χ4n) is 1.12. The predicted octanol–water partition coefficient (Wildman–Crippen LogP) is 2.25. The van der Waals surface area contributed by atoms with Gasteiger partial charge in [-0.25, -0.2) is 0 Å². The number of benzene rings is 1. The summed E-state index contributed by atoms with van der Waals surface area (Å²) in [7, 11) is 1.51. The highest BCUT2D eigenvalue weighted by Crippen LogP contribution is 2.30. The molecule has 0 spiro atoms. The van der Waals surface area contributed by atoms with Crippen molar-refractivity contribution in [1.82, 2.24) is 0 Å². The largest absolute Gasteiger partial charge is 0.493 e. The van der Waals surface area contributed by atoms with Crippen LogP contribution < -0.4 is 9.47 Å². The van der Waals surface area contributed by atoms with Gasteiger partial charge in [-0.3, -0.25) is 0 Å². The third-order valence-electron chi connectivity index (χ3n) is 1.93. The first-order chi connectivity index (χ1) is 7.52. The van der Waals surface area contributed by atoms with Crippen LogP contribution in [0.1, 0.15) is 19.4 Å². The Balaban J connectivity index is 3.12. The van der Waals surface area contributed by atoms with Crippen molar-refractivity contribution >= 4 is 0 Å². The first kappa shape index (κ1) is 11.9. The summed E-state index contributed by atoms with van der Waals surface area (Å²) >= 11 is 0. The molecule has 0 aliphatic carbocycles. The summed E-state index contributed by atoms with van der Waals surface area (Å²) in [6.07, 6.45) is 0. The molecule has 1 aromatic carbocycles. The maximum Gasteiger partial charge on any atom is 0.188 e. The van der Waals surface area contributed by atoms with Gasteiger partial charge in [0.1, 0.15) is 6.07 Å². The van der Waals surface area contributed by atoms with Crippen LogP contribution >= 0.6 is 0 Å². The number of nitriles is 2. The normalized spacial score (nSPS) is 10.1. The van der Waals surface area contributed by atoms with E-state index in [2.05, 4.69) is 0 Å². The molecule has 0 unspecified atom stereocenters. The van der Waals surface area contributed by atoms with Crippen molar-refractivity contribution in [3.63, 3.8) is 0 Å². The summed E-state index contributed by atoms with van der Waals surface area (Å²) in [6, 6.07) is 8.85. The molecule has 0 aliphatic heterocycles. The van der Waals surface area contributed by atoms with Crippen molar-refractivity contribution in [2.45, 2.75) is 19.4 Å². The molecular formula is C12H12N2O2. The van der Waals surface area contributed by atoms with E-state index in [1.807, 2.05) is 12.1 Å². The van der Waals surface area contributed by atoms with Crippen LogP contribution in [0.2, 0.25) is 0 Å². The molecule has 0 saturated heterocycles. The van der Waals surface area contributed by atoms with Gasteiger partial charge < -0.3 is 9.47 Å². The van der Waals surface area contributed by atoms with Gasteiger partial charge in [0, 0.05) is 6.07 Å². The van der Waals surface area contributed by atoms with Crippen LogP contribution in [0.25, 0.3) is 0 Å². The fourth-order valence-corrected chi connectivity index (χ4v) is 1.12. The average Bonchev–Trinajstić information content (AvgIpc) is 2.28. The molecule has 0 atom stereocenters. The molecule has 1 rings (SSSR count). The van der Waals surface area contributed by atoms with Crippen molar-refractivity contribution < 1.29 is 9.47 Å². The Kier molecular flexibility index (Phi) is 3.37. The Morgan fingerprint density at radius 1 is 1.19 bits per heavy atom. The molecule has 4 nitrogen and oxygen atoms in total. The van der Waals surface area contributed by atoms with Crippen LogP contribution in [0.4, 0.5) is 0 Å². The molecule has 0 N–H and O–H groups in total. The van der Waals surface area contributed by atoms with Crippen molar-refractivity contribution in [2.24, 2.45) is 0 Å². The Morgan fingerprint density at radius 2 is 1.88 bits per heavy atom. The SMILES string of the molecule is COc1ccc(C#N)cc1OC(C)(C)C#N. The summed E-state index contributed by atoms with van der Waals surface area (Å²) in [5.41, 5.74) is -0.494. The Hall–Kier alpha value is -2.20. The van der Waals surface area contributed by atoms with Gasteiger partial charge in [-0.05, 0) is 26.0 Å². The van der Waals surface area contributed by atoms with Crippen molar-refractivity contribution in [2.75, 3.05) is 7.11 Å². The molecule has 16 heavy (non-hydrogen) atoms. The van der Waals surface area contributed by atoms with E-state index in [0.717, 1.165) is 0 Å². The molecule has 1 aromatic rings. The maximum atomic E-state index is 8.86. The average molecular weight is 216 g/mol. The highest BCUT2D eigenvalue weighted by molar-refractivity contribution is 5.47. The predicted molar refractivity (Wildman–Crippen MR) is 58.0 cm³/mol. The summed E-state index contributed by atoms with van der Waals surface area (Å²) in [5, 5.41) is 17.6. The molecule has 0 fully saturated rings. The van der Waals surface area contributed by atoms with E-state index in [1.165, 1.54) is 7.11 Å². The standard InChI is InChI=1S/C12H12N2O2/c1-12(2,8-14)16-11-6-9(7-13)4-5-10(11)15-3/h4-6H,1-3H3. The minimum atomic E-state index is -0.957. The van der Waals surface area contributed by atoms with Crippen LogP contribution in [0.15, 0.2) is 18.2 Å². The van der Waals surface area contributed by atoms with E-state index in [4.69, 9.17) is 20.0 Å². The van der Waals surface area contributed by atoms with Gasteiger partial charge in [0.05, 0.1) is 18.7 Å². The minimum absolute atomic E-state index is 0.396. The first-order valence-corrected chi connectivity index (χ1v) is 4.71. The highest BCUT2D eigenvalue weighted by Gasteiger charge is 2.20. The van der Waals surface area contributed by atoms with Crippen LogP contribution in [0.3, 0.4) is 0 Å². The van der Waals surface area contributed by atoms with Crippen LogP contribution in [-0.4, -0.2) is 12.7 Å². The van der Waals surface area contributed by atoms with Gasteiger partial charge in [-0.15, -0.1) is 0 Å². The molecule has 0 aromatic heterocycles. The van der Waals surface area contributed by atoms with E-state index in [9.17, 15) is 0 Å². The molecule has 0 saturated carbocycles. The van der Waals surface area contributed by atoms with E-state index >= 15 is 0 Å². The second-order valence-electron chi connectivity index (χ2n) is 3.70. The number of hydrogen-bond acceptors (Lipinski definition) is 4. The van der Waals surface area contributed by atoms with Gasteiger partial charge in [-0.2, -0.15) is 10.5 Å². The monoisotopic (exact) mass is 216 g/mol. The minimum Gasteiger partial charge on any atom is -0.493 e. The zero-order valence-electron chi connectivity index (χ0n) is 9.44. The van der Waals surface area contributed by atoms with Crippen molar-refractivity contribution in [3.05, 3.63) is 23.8 Å². The molecule has 0 bridgehead atoms. The second-order valence-corrected chi connectivity index (χ2v) is 3.70. The van der Waals surface area contributed by atoms with E-state index < -0.39 is 5.60 Å². The lowest BCUT2D eigenvalue weighted by Crippen LogP contribution is -2.25. The number of ether oxygens (including phenoxy) is 2. The first-order valence-electron chi connectivity index (χ1n) is 4.71. The van der Waals surface area contributed by atoms with Crippen LogP contribution in [0.5, 0.6) is 11.5 Å². The van der Waals surface area contributed by atoms with Gasteiger partial charge in [-0.1, -0.05) is 0 Å². The fraction of sp³-hybridized carbons (Fsp3) is 0.333. The van der Waals surface area contributed by atoms with Crippen molar-refractivity contribution in [3.8, 4) is 23.6 Å². The lowest BCUT2D eigenvalue weighted by molar-refractivity contribution is 0.163. The summed E-state index contributed by atoms with van der Waals surface area (Å²) in [5.74, 6) is 0.899. The molecule has 0 aliphatic rings. The topological polar surface area (TPSA) is 66.0 Å². The van der Waals surface area contributed by atoms with E-state index in [-0.39, 0.29) is 0 Å².